The van der Waals surface area contributed by atoms with Crippen LogP contribution in [0, 0.1) is 5.92 Å². The van der Waals surface area contributed by atoms with Gasteiger partial charge in [-0.15, -0.1) is 0 Å². The van der Waals surface area contributed by atoms with Gasteiger partial charge in [0, 0.05) is 39.7 Å². The minimum absolute atomic E-state index is 0.610. The molecular formula is C12H22N6O. The van der Waals surface area contributed by atoms with Crippen LogP contribution in [0.4, 0.5) is 0 Å². The normalized spacial score (nSPS) is 20.0. The van der Waals surface area contributed by atoms with Gasteiger partial charge >= 0.3 is 0 Å². The molecule has 0 spiro atoms. The number of nitrogens with zero attached hydrogens (tertiary/aromatic N) is 5. The first-order valence-corrected chi connectivity index (χ1v) is 6.60. The molecule has 19 heavy (non-hydrogen) atoms. The van der Waals surface area contributed by atoms with E-state index in [1.54, 1.807) is 24.4 Å². The zero-order valence-electron chi connectivity index (χ0n) is 11.6. The summed E-state index contributed by atoms with van der Waals surface area (Å²) in [6, 6.07) is 0. The van der Waals surface area contributed by atoms with Crippen molar-refractivity contribution in [3.8, 4) is 0 Å². The van der Waals surface area contributed by atoms with Crippen LogP contribution in [0.3, 0.4) is 0 Å². The summed E-state index contributed by atoms with van der Waals surface area (Å²) in [5, 5.41) is 7.43. The maximum atomic E-state index is 5.21. The Morgan fingerprint density at radius 1 is 1.58 bits per heavy atom. The van der Waals surface area contributed by atoms with E-state index < -0.39 is 0 Å². The molecule has 0 bridgehead atoms. The summed E-state index contributed by atoms with van der Waals surface area (Å²) in [5.74, 6) is 1.57. The molecule has 7 nitrogen and oxygen atoms in total. The standard InChI is InChI=1S/C12H22N6O/c1-13-12(15-4-6-18-10-14-9-16-18)17-5-3-11(7-17)8-19-2/h9-11H,3-8H2,1-2H3,(H,13,15). The summed E-state index contributed by atoms with van der Waals surface area (Å²) in [6.45, 7) is 4.45. The summed E-state index contributed by atoms with van der Waals surface area (Å²) in [6.07, 6.45) is 4.43. The molecule has 1 fully saturated rings. The Labute approximate surface area is 113 Å². The number of methoxy groups -OCH3 is 1. The highest BCUT2D eigenvalue weighted by atomic mass is 16.5. The minimum atomic E-state index is 0.610. The fraction of sp³-hybridized carbons (Fsp3) is 0.750. The second kappa shape index (κ2) is 7.08. The summed E-state index contributed by atoms with van der Waals surface area (Å²) < 4.78 is 7.02. The number of likely N-dealkylation sites (tertiary alicyclic amines) is 1. The minimum Gasteiger partial charge on any atom is -0.384 e. The predicted octanol–water partition coefficient (Wildman–Crippen LogP) is -0.178. The average Bonchev–Trinajstić information content (AvgIpc) is 3.06. The number of rotatable bonds is 5. The number of aliphatic imine (C=N–C) groups is 1. The summed E-state index contributed by atoms with van der Waals surface area (Å²) in [5.41, 5.74) is 0. The fourth-order valence-electron chi connectivity index (χ4n) is 2.36. The van der Waals surface area contributed by atoms with Crippen LogP contribution < -0.4 is 5.32 Å². The van der Waals surface area contributed by atoms with Crippen molar-refractivity contribution in [3.63, 3.8) is 0 Å². The van der Waals surface area contributed by atoms with E-state index in [0.717, 1.165) is 45.2 Å². The lowest BCUT2D eigenvalue weighted by atomic mass is 10.1. The third-order valence-corrected chi connectivity index (χ3v) is 3.29. The SMILES string of the molecule is CN=C(NCCn1cncn1)N1CCC(COC)C1. The number of aromatic nitrogens is 3. The molecule has 1 saturated heterocycles. The first-order valence-electron chi connectivity index (χ1n) is 6.60. The van der Waals surface area contributed by atoms with E-state index >= 15 is 0 Å². The first-order chi connectivity index (χ1) is 9.33. The highest BCUT2D eigenvalue weighted by molar-refractivity contribution is 5.80. The van der Waals surface area contributed by atoms with Gasteiger partial charge in [0.1, 0.15) is 12.7 Å². The van der Waals surface area contributed by atoms with Crippen molar-refractivity contribution in [1.29, 1.82) is 0 Å². The van der Waals surface area contributed by atoms with E-state index in [4.69, 9.17) is 4.74 Å². The maximum Gasteiger partial charge on any atom is 0.193 e. The van der Waals surface area contributed by atoms with Gasteiger partial charge in [0.25, 0.3) is 0 Å². The van der Waals surface area contributed by atoms with Crippen molar-refractivity contribution in [2.24, 2.45) is 10.9 Å². The number of nitrogens with one attached hydrogen (secondary N) is 1. The Morgan fingerprint density at radius 2 is 2.47 bits per heavy atom. The lowest BCUT2D eigenvalue weighted by molar-refractivity contribution is 0.157. The molecule has 1 N–H and O–H groups in total. The van der Waals surface area contributed by atoms with Crippen LogP contribution in [0.25, 0.3) is 0 Å². The number of hydrogen-bond donors (Lipinski definition) is 1. The molecule has 0 radical (unpaired) electrons. The van der Waals surface area contributed by atoms with Gasteiger partial charge in [-0.25, -0.2) is 4.98 Å². The highest BCUT2D eigenvalue weighted by Gasteiger charge is 2.24. The van der Waals surface area contributed by atoms with Crippen molar-refractivity contribution in [2.45, 2.75) is 13.0 Å². The van der Waals surface area contributed by atoms with Crippen molar-refractivity contribution in [1.82, 2.24) is 25.0 Å². The molecular weight excluding hydrogens is 244 g/mol. The van der Waals surface area contributed by atoms with Crippen molar-refractivity contribution in [2.75, 3.05) is 40.4 Å². The Hall–Kier alpha value is -1.63. The molecule has 2 rings (SSSR count). The molecule has 0 amide bonds. The predicted molar refractivity (Wildman–Crippen MR) is 72.9 cm³/mol. The van der Waals surface area contributed by atoms with E-state index in [0.29, 0.717) is 5.92 Å². The van der Waals surface area contributed by atoms with E-state index in [9.17, 15) is 0 Å². The smallest absolute Gasteiger partial charge is 0.193 e. The topological polar surface area (TPSA) is 67.6 Å². The molecule has 1 atom stereocenters. The number of ether oxygens (including phenoxy) is 1. The lowest BCUT2D eigenvalue weighted by Crippen LogP contribution is -2.41. The van der Waals surface area contributed by atoms with Crippen molar-refractivity contribution < 1.29 is 4.74 Å². The number of guanidine groups is 1. The molecule has 1 unspecified atom stereocenters. The van der Waals surface area contributed by atoms with Crippen LogP contribution in [0.1, 0.15) is 6.42 Å². The van der Waals surface area contributed by atoms with Gasteiger partial charge in [0.2, 0.25) is 0 Å². The van der Waals surface area contributed by atoms with Gasteiger partial charge < -0.3 is 15.0 Å². The van der Waals surface area contributed by atoms with Crippen molar-refractivity contribution >= 4 is 5.96 Å². The van der Waals surface area contributed by atoms with Crippen LogP contribution in [0.2, 0.25) is 0 Å². The third kappa shape index (κ3) is 3.92. The van der Waals surface area contributed by atoms with Gasteiger partial charge in [-0.05, 0) is 6.42 Å². The molecule has 1 aliphatic rings. The molecule has 0 saturated carbocycles. The first kappa shape index (κ1) is 13.8. The Kier molecular flexibility index (Phi) is 5.14. The fourth-order valence-corrected chi connectivity index (χ4v) is 2.36. The maximum absolute atomic E-state index is 5.21. The second-order valence-corrected chi connectivity index (χ2v) is 4.69. The Morgan fingerprint density at radius 3 is 3.16 bits per heavy atom. The second-order valence-electron chi connectivity index (χ2n) is 4.69. The Bertz CT molecular complexity index is 391. The molecule has 0 aliphatic carbocycles. The van der Waals surface area contributed by atoms with Crippen molar-refractivity contribution in [3.05, 3.63) is 12.7 Å². The molecule has 1 aliphatic heterocycles. The Balaban J connectivity index is 1.74. The number of hydrogen-bond acceptors (Lipinski definition) is 4. The van der Waals surface area contributed by atoms with Crippen LogP contribution in [-0.2, 0) is 11.3 Å². The van der Waals surface area contributed by atoms with Gasteiger partial charge in [-0.2, -0.15) is 5.10 Å². The van der Waals surface area contributed by atoms with Crippen LogP contribution >= 0.6 is 0 Å². The van der Waals surface area contributed by atoms with E-state index in [1.807, 2.05) is 7.05 Å². The molecule has 0 aromatic carbocycles. The van der Waals surface area contributed by atoms with E-state index in [2.05, 4.69) is 25.3 Å². The van der Waals surface area contributed by atoms with E-state index in [-0.39, 0.29) is 0 Å². The van der Waals surface area contributed by atoms with Gasteiger partial charge in [-0.1, -0.05) is 0 Å². The molecule has 7 heteroatoms. The van der Waals surface area contributed by atoms with E-state index in [1.165, 1.54) is 0 Å². The monoisotopic (exact) mass is 266 g/mol. The quantitative estimate of drug-likeness (QED) is 0.591. The zero-order chi connectivity index (χ0) is 13.5. The zero-order valence-corrected chi connectivity index (χ0v) is 11.6. The highest BCUT2D eigenvalue weighted by Crippen LogP contribution is 2.16. The summed E-state index contributed by atoms with van der Waals surface area (Å²) >= 11 is 0. The van der Waals surface area contributed by atoms with Gasteiger partial charge in [0.15, 0.2) is 5.96 Å². The molecule has 1 aromatic rings. The van der Waals surface area contributed by atoms with Crippen LogP contribution in [0.5, 0.6) is 0 Å². The molecule has 106 valence electrons. The summed E-state index contributed by atoms with van der Waals surface area (Å²) in [4.78, 5) is 10.5. The largest absolute Gasteiger partial charge is 0.384 e. The average molecular weight is 266 g/mol. The van der Waals surface area contributed by atoms with Crippen LogP contribution in [0.15, 0.2) is 17.6 Å². The molecule has 2 heterocycles. The third-order valence-electron chi connectivity index (χ3n) is 3.29. The van der Waals surface area contributed by atoms with Gasteiger partial charge in [-0.3, -0.25) is 9.67 Å². The molecule has 1 aromatic heterocycles. The lowest BCUT2D eigenvalue weighted by Gasteiger charge is -2.21. The van der Waals surface area contributed by atoms with Gasteiger partial charge in [0.05, 0.1) is 13.2 Å². The summed E-state index contributed by atoms with van der Waals surface area (Å²) in [7, 11) is 3.58. The van der Waals surface area contributed by atoms with Crippen LogP contribution in [-0.4, -0.2) is 66.0 Å².